The lowest BCUT2D eigenvalue weighted by molar-refractivity contribution is -0.120. The Morgan fingerprint density at radius 3 is 2.90 bits per heavy atom. The molecule has 3 nitrogen and oxygen atoms in total. The van der Waals surface area contributed by atoms with Gasteiger partial charge in [0.25, 0.3) is 0 Å². The van der Waals surface area contributed by atoms with Crippen molar-refractivity contribution in [3.63, 3.8) is 0 Å². The Kier molecular flexibility index (Phi) is 3.42. The first-order valence-corrected chi connectivity index (χ1v) is 6.76. The van der Waals surface area contributed by atoms with E-state index in [-0.39, 0.29) is 17.5 Å². The van der Waals surface area contributed by atoms with E-state index >= 15 is 0 Å². The Labute approximate surface area is 117 Å². The number of hydrogen-bond acceptors (Lipinski definition) is 3. The Morgan fingerprint density at radius 1 is 1.20 bits per heavy atom. The number of ether oxygens (including phenoxy) is 1. The summed E-state index contributed by atoms with van der Waals surface area (Å²) in [5.41, 5.74) is 1.82. The van der Waals surface area contributed by atoms with Crippen molar-refractivity contribution < 1.29 is 14.6 Å². The van der Waals surface area contributed by atoms with Gasteiger partial charge in [0, 0.05) is 17.9 Å². The van der Waals surface area contributed by atoms with Crippen LogP contribution in [0.25, 0.3) is 0 Å². The van der Waals surface area contributed by atoms with Gasteiger partial charge >= 0.3 is 0 Å². The number of carbonyl (C=O) groups excluding carboxylic acids is 1. The van der Waals surface area contributed by atoms with Crippen molar-refractivity contribution in [3.8, 4) is 11.5 Å². The van der Waals surface area contributed by atoms with Crippen LogP contribution in [0.1, 0.15) is 23.5 Å². The highest BCUT2D eigenvalue weighted by Crippen LogP contribution is 2.34. The molecule has 1 N–H and O–H groups in total. The van der Waals surface area contributed by atoms with Crippen molar-refractivity contribution in [2.75, 3.05) is 6.61 Å². The molecule has 2 aromatic rings. The summed E-state index contributed by atoms with van der Waals surface area (Å²) in [7, 11) is 0. The van der Waals surface area contributed by atoms with E-state index in [0.29, 0.717) is 19.4 Å². The van der Waals surface area contributed by atoms with Gasteiger partial charge < -0.3 is 9.84 Å². The molecule has 0 bridgehead atoms. The Bertz CT molecular complexity index is 634. The number of phenolic OH excluding ortho intramolecular Hbond substituents is 1. The third-order valence-electron chi connectivity index (χ3n) is 3.64. The van der Waals surface area contributed by atoms with E-state index < -0.39 is 0 Å². The van der Waals surface area contributed by atoms with E-state index in [4.69, 9.17) is 4.74 Å². The van der Waals surface area contributed by atoms with Gasteiger partial charge in [-0.05, 0) is 30.2 Å². The quantitative estimate of drug-likeness (QED) is 0.930. The fourth-order valence-corrected chi connectivity index (χ4v) is 2.67. The molecule has 0 saturated carbocycles. The zero-order chi connectivity index (χ0) is 13.9. The molecule has 2 aromatic carbocycles. The summed E-state index contributed by atoms with van der Waals surface area (Å²) < 4.78 is 5.58. The first-order valence-electron chi connectivity index (χ1n) is 6.76. The monoisotopic (exact) mass is 268 g/mol. The van der Waals surface area contributed by atoms with Crippen LogP contribution in [-0.4, -0.2) is 17.5 Å². The van der Waals surface area contributed by atoms with E-state index in [1.54, 1.807) is 18.2 Å². The molecule has 1 heterocycles. The molecule has 1 aliphatic heterocycles. The maximum Gasteiger partial charge on any atom is 0.144 e. The molecule has 0 saturated heterocycles. The number of aromatic hydroxyl groups is 1. The van der Waals surface area contributed by atoms with Crippen molar-refractivity contribution in [1.29, 1.82) is 0 Å². The first-order chi connectivity index (χ1) is 9.74. The topological polar surface area (TPSA) is 46.5 Å². The van der Waals surface area contributed by atoms with Crippen LogP contribution < -0.4 is 4.74 Å². The van der Waals surface area contributed by atoms with Crippen molar-refractivity contribution in [2.24, 2.45) is 0 Å². The van der Waals surface area contributed by atoms with Gasteiger partial charge in [0.1, 0.15) is 17.3 Å². The minimum atomic E-state index is -0.109. The number of phenols is 1. The molecule has 0 spiro atoms. The smallest absolute Gasteiger partial charge is 0.144 e. The molecule has 1 unspecified atom stereocenters. The van der Waals surface area contributed by atoms with Gasteiger partial charge in [-0.2, -0.15) is 0 Å². The molecule has 0 aliphatic carbocycles. The highest BCUT2D eigenvalue weighted by atomic mass is 16.5. The van der Waals surface area contributed by atoms with Crippen LogP contribution in [0.5, 0.6) is 11.5 Å². The minimum Gasteiger partial charge on any atom is -0.508 e. The van der Waals surface area contributed by atoms with Crippen LogP contribution in [0.3, 0.4) is 0 Å². The number of rotatable bonds is 3. The van der Waals surface area contributed by atoms with Gasteiger partial charge in [0.05, 0.1) is 6.61 Å². The highest BCUT2D eigenvalue weighted by Gasteiger charge is 2.27. The van der Waals surface area contributed by atoms with E-state index in [2.05, 4.69) is 0 Å². The summed E-state index contributed by atoms with van der Waals surface area (Å²) >= 11 is 0. The van der Waals surface area contributed by atoms with Gasteiger partial charge in [0.2, 0.25) is 0 Å². The fraction of sp³-hybridized carbons (Fsp3) is 0.235. The second kappa shape index (κ2) is 5.37. The molecule has 0 fully saturated rings. The largest absolute Gasteiger partial charge is 0.508 e. The molecule has 0 radical (unpaired) electrons. The van der Waals surface area contributed by atoms with Crippen LogP contribution in [0.4, 0.5) is 0 Å². The molecule has 102 valence electrons. The molecule has 0 amide bonds. The molecule has 1 aliphatic rings. The maximum absolute atomic E-state index is 12.5. The van der Waals surface area contributed by atoms with Crippen molar-refractivity contribution >= 4 is 5.78 Å². The standard InChI is InChI=1S/C17H16O3/c18-13-5-3-4-12(10-13)11-16(19)14-8-9-20-17-7-2-1-6-15(14)17/h1-7,10,14,18H,8-9,11H2. The van der Waals surface area contributed by atoms with Crippen molar-refractivity contribution in [2.45, 2.75) is 18.8 Å². The Balaban J connectivity index is 1.82. The van der Waals surface area contributed by atoms with E-state index in [1.807, 2.05) is 30.3 Å². The summed E-state index contributed by atoms with van der Waals surface area (Å²) in [5.74, 6) is 1.07. The third kappa shape index (κ3) is 2.52. The van der Waals surface area contributed by atoms with Gasteiger partial charge in [-0.1, -0.05) is 30.3 Å². The average molecular weight is 268 g/mol. The summed E-state index contributed by atoms with van der Waals surface area (Å²) in [5, 5.41) is 9.46. The van der Waals surface area contributed by atoms with E-state index in [0.717, 1.165) is 16.9 Å². The van der Waals surface area contributed by atoms with Crippen LogP contribution in [0.2, 0.25) is 0 Å². The third-order valence-corrected chi connectivity index (χ3v) is 3.64. The lowest BCUT2D eigenvalue weighted by atomic mass is 9.87. The summed E-state index contributed by atoms with van der Waals surface area (Å²) in [6.07, 6.45) is 1.06. The average Bonchev–Trinajstić information content (AvgIpc) is 2.46. The summed E-state index contributed by atoms with van der Waals surface area (Å²) in [6, 6.07) is 14.6. The molecule has 3 rings (SSSR count). The number of ketones is 1. The fourth-order valence-electron chi connectivity index (χ4n) is 2.67. The normalized spacial score (nSPS) is 17.1. The zero-order valence-electron chi connectivity index (χ0n) is 11.1. The van der Waals surface area contributed by atoms with Gasteiger partial charge in [-0.3, -0.25) is 4.79 Å². The van der Waals surface area contributed by atoms with Crippen molar-refractivity contribution in [1.82, 2.24) is 0 Å². The molecule has 0 aromatic heterocycles. The minimum absolute atomic E-state index is 0.109. The SMILES string of the molecule is O=C(Cc1cccc(O)c1)C1CCOc2ccccc21. The number of Topliss-reactive ketones (excluding diaryl/α,β-unsaturated/α-hetero) is 1. The van der Waals surface area contributed by atoms with Gasteiger partial charge in [0.15, 0.2) is 0 Å². The van der Waals surface area contributed by atoms with Crippen molar-refractivity contribution in [3.05, 3.63) is 59.7 Å². The number of hydrogen-bond donors (Lipinski definition) is 1. The predicted octanol–water partition coefficient (Wildman–Crippen LogP) is 3.07. The highest BCUT2D eigenvalue weighted by molar-refractivity contribution is 5.88. The second-order valence-corrected chi connectivity index (χ2v) is 5.04. The van der Waals surface area contributed by atoms with E-state index in [9.17, 15) is 9.90 Å². The maximum atomic E-state index is 12.5. The molecule has 20 heavy (non-hydrogen) atoms. The number of fused-ring (bicyclic) bond motifs is 1. The number of carbonyl (C=O) groups is 1. The lowest BCUT2D eigenvalue weighted by Crippen LogP contribution is -2.22. The van der Waals surface area contributed by atoms with Gasteiger partial charge in [-0.25, -0.2) is 0 Å². The summed E-state index contributed by atoms with van der Waals surface area (Å²) in [6.45, 7) is 0.577. The van der Waals surface area contributed by atoms with Crippen LogP contribution in [0.15, 0.2) is 48.5 Å². The Hall–Kier alpha value is -2.29. The van der Waals surface area contributed by atoms with Gasteiger partial charge in [-0.15, -0.1) is 0 Å². The van der Waals surface area contributed by atoms with Crippen LogP contribution in [0, 0.1) is 0 Å². The molecular weight excluding hydrogens is 252 g/mol. The lowest BCUT2D eigenvalue weighted by Gasteiger charge is -2.24. The zero-order valence-corrected chi connectivity index (χ0v) is 11.1. The Morgan fingerprint density at radius 2 is 2.05 bits per heavy atom. The van der Waals surface area contributed by atoms with Crippen LogP contribution in [-0.2, 0) is 11.2 Å². The second-order valence-electron chi connectivity index (χ2n) is 5.04. The van der Waals surface area contributed by atoms with Crippen LogP contribution >= 0.6 is 0 Å². The predicted molar refractivity (Wildman–Crippen MR) is 76.1 cm³/mol. The first kappa shape index (κ1) is 12.7. The molecular formula is C17H16O3. The molecule has 1 atom stereocenters. The van der Waals surface area contributed by atoms with E-state index in [1.165, 1.54) is 0 Å². The number of benzene rings is 2. The number of para-hydroxylation sites is 1. The summed E-state index contributed by atoms with van der Waals surface area (Å²) in [4.78, 5) is 12.5. The molecule has 3 heteroatoms.